The van der Waals surface area contributed by atoms with Crippen LogP contribution in [0.1, 0.15) is 24.5 Å². The number of esters is 1. The number of methoxy groups -OCH3 is 2. The highest BCUT2D eigenvalue weighted by Crippen LogP contribution is 2.36. The zero-order valence-electron chi connectivity index (χ0n) is 12.2. The summed E-state index contributed by atoms with van der Waals surface area (Å²) in [5, 5.41) is 0. The number of hydrogen-bond acceptors (Lipinski definition) is 5. The Morgan fingerprint density at radius 2 is 1.85 bits per heavy atom. The molecule has 0 amide bonds. The lowest BCUT2D eigenvalue weighted by Crippen LogP contribution is -2.53. The summed E-state index contributed by atoms with van der Waals surface area (Å²) in [6, 6.07) is 3.85. The Labute approximate surface area is 119 Å². The number of benzene rings is 1. The van der Waals surface area contributed by atoms with Gasteiger partial charge in [0.25, 0.3) is 0 Å². The second-order valence-corrected chi connectivity index (χ2v) is 5.03. The van der Waals surface area contributed by atoms with Crippen molar-refractivity contribution in [3.05, 3.63) is 23.3 Å². The molecule has 1 aromatic rings. The fraction of sp³-hybridized carbons (Fsp3) is 0.533. The summed E-state index contributed by atoms with van der Waals surface area (Å²) in [5.74, 6) is 1.02. The van der Waals surface area contributed by atoms with Crippen LogP contribution in [0, 0.1) is 0 Å². The van der Waals surface area contributed by atoms with E-state index in [9.17, 15) is 4.79 Å². The Morgan fingerprint density at radius 1 is 1.25 bits per heavy atom. The molecule has 1 unspecified atom stereocenters. The molecule has 2 rings (SSSR count). The van der Waals surface area contributed by atoms with Crippen molar-refractivity contribution in [2.45, 2.75) is 31.7 Å². The number of aryl methyl sites for hydroxylation is 1. The van der Waals surface area contributed by atoms with Gasteiger partial charge in [-0.05, 0) is 43.0 Å². The summed E-state index contributed by atoms with van der Waals surface area (Å²) >= 11 is 0. The Balaban J connectivity index is 2.32. The van der Waals surface area contributed by atoms with Gasteiger partial charge in [0.2, 0.25) is 0 Å². The van der Waals surface area contributed by atoms with E-state index < -0.39 is 5.54 Å². The topological polar surface area (TPSA) is 70.8 Å². The van der Waals surface area contributed by atoms with Gasteiger partial charge in [0.1, 0.15) is 5.54 Å². The van der Waals surface area contributed by atoms with Gasteiger partial charge in [-0.2, -0.15) is 0 Å². The van der Waals surface area contributed by atoms with E-state index in [0.29, 0.717) is 30.9 Å². The molecule has 110 valence electrons. The van der Waals surface area contributed by atoms with Gasteiger partial charge in [-0.25, -0.2) is 0 Å². The van der Waals surface area contributed by atoms with Crippen LogP contribution in [-0.4, -0.2) is 32.3 Å². The van der Waals surface area contributed by atoms with Crippen LogP contribution in [0.3, 0.4) is 0 Å². The largest absolute Gasteiger partial charge is 0.493 e. The van der Waals surface area contributed by atoms with Crippen LogP contribution in [0.4, 0.5) is 0 Å². The molecule has 1 aliphatic rings. The van der Waals surface area contributed by atoms with Crippen LogP contribution in [0.15, 0.2) is 12.1 Å². The minimum atomic E-state index is -0.942. The Hall–Kier alpha value is -1.75. The zero-order valence-corrected chi connectivity index (χ0v) is 12.2. The molecule has 0 spiro atoms. The molecule has 5 heteroatoms. The van der Waals surface area contributed by atoms with Crippen molar-refractivity contribution in [2.24, 2.45) is 5.73 Å². The minimum Gasteiger partial charge on any atom is -0.493 e. The van der Waals surface area contributed by atoms with E-state index in [2.05, 4.69) is 0 Å². The van der Waals surface area contributed by atoms with Gasteiger partial charge in [0.05, 0.1) is 20.8 Å². The fourth-order valence-electron chi connectivity index (χ4n) is 2.60. The standard InChI is InChI=1S/C15H21NO4/c1-4-20-14(17)15(16)6-5-10-7-12(18-2)13(19-3)8-11(10)9-15/h7-8H,4-6,9,16H2,1-3H3. The van der Waals surface area contributed by atoms with E-state index in [-0.39, 0.29) is 5.97 Å². The summed E-state index contributed by atoms with van der Waals surface area (Å²) in [4.78, 5) is 12.0. The fourth-order valence-corrected chi connectivity index (χ4v) is 2.60. The quantitative estimate of drug-likeness (QED) is 0.845. The Morgan fingerprint density at radius 3 is 2.40 bits per heavy atom. The highest BCUT2D eigenvalue weighted by atomic mass is 16.5. The van der Waals surface area contributed by atoms with Gasteiger partial charge < -0.3 is 19.9 Å². The molecule has 0 heterocycles. The van der Waals surface area contributed by atoms with Crippen molar-refractivity contribution in [2.75, 3.05) is 20.8 Å². The molecular formula is C15H21NO4. The van der Waals surface area contributed by atoms with E-state index >= 15 is 0 Å². The first kappa shape index (κ1) is 14.7. The molecule has 2 N–H and O–H groups in total. The third-order valence-electron chi connectivity index (χ3n) is 3.73. The third kappa shape index (κ3) is 2.58. The van der Waals surface area contributed by atoms with E-state index in [1.165, 1.54) is 0 Å². The maximum atomic E-state index is 12.0. The highest BCUT2D eigenvalue weighted by Gasteiger charge is 2.39. The molecular weight excluding hydrogens is 258 g/mol. The number of ether oxygens (including phenoxy) is 3. The molecule has 0 aliphatic heterocycles. The van der Waals surface area contributed by atoms with E-state index in [1.54, 1.807) is 21.1 Å². The number of fused-ring (bicyclic) bond motifs is 1. The monoisotopic (exact) mass is 279 g/mol. The molecule has 0 fully saturated rings. The predicted octanol–water partition coefficient (Wildman–Crippen LogP) is 1.45. The van der Waals surface area contributed by atoms with Crippen LogP contribution < -0.4 is 15.2 Å². The van der Waals surface area contributed by atoms with Crippen LogP contribution in [0.5, 0.6) is 11.5 Å². The number of rotatable bonds is 4. The maximum Gasteiger partial charge on any atom is 0.326 e. The number of carbonyl (C=O) groups is 1. The second kappa shape index (κ2) is 5.71. The normalized spacial score (nSPS) is 21.0. The molecule has 0 radical (unpaired) electrons. The summed E-state index contributed by atoms with van der Waals surface area (Å²) in [6.07, 6.45) is 1.76. The Bertz CT molecular complexity index is 515. The van der Waals surface area contributed by atoms with Crippen LogP contribution >= 0.6 is 0 Å². The first-order valence-electron chi connectivity index (χ1n) is 6.74. The maximum absolute atomic E-state index is 12.0. The number of nitrogens with two attached hydrogens (primary N) is 1. The second-order valence-electron chi connectivity index (χ2n) is 5.03. The van der Waals surface area contributed by atoms with Gasteiger partial charge in [-0.3, -0.25) is 4.79 Å². The summed E-state index contributed by atoms with van der Waals surface area (Å²) in [5.41, 5.74) is 7.44. The molecule has 0 aromatic heterocycles. The average Bonchev–Trinajstić information content (AvgIpc) is 2.46. The summed E-state index contributed by atoms with van der Waals surface area (Å²) in [7, 11) is 3.20. The van der Waals surface area contributed by atoms with Crippen LogP contribution in [0.2, 0.25) is 0 Å². The summed E-state index contributed by atoms with van der Waals surface area (Å²) < 4.78 is 15.7. The van der Waals surface area contributed by atoms with E-state index in [1.807, 2.05) is 12.1 Å². The molecule has 1 aliphatic carbocycles. The number of hydrogen-bond donors (Lipinski definition) is 1. The molecule has 1 atom stereocenters. The first-order chi connectivity index (χ1) is 9.54. The average molecular weight is 279 g/mol. The molecule has 5 nitrogen and oxygen atoms in total. The lowest BCUT2D eigenvalue weighted by atomic mass is 9.78. The summed E-state index contributed by atoms with van der Waals surface area (Å²) in [6.45, 7) is 2.13. The molecule has 0 saturated heterocycles. The molecule has 0 saturated carbocycles. The molecule has 20 heavy (non-hydrogen) atoms. The van der Waals surface area contributed by atoms with E-state index in [4.69, 9.17) is 19.9 Å². The third-order valence-corrected chi connectivity index (χ3v) is 3.73. The lowest BCUT2D eigenvalue weighted by Gasteiger charge is -2.32. The van der Waals surface area contributed by atoms with Gasteiger partial charge in [-0.1, -0.05) is 0 Å². The van der Waals surface area contributed by atoms with Gasteiger partial charge >= 0.3 is 5.97 Å². The van der Waals surface area contributed by atoms with E-state index in [0.717, 1.165) is 17.5 Å². The van der Waals surface area contributed by atoms with Gasteiger partial charge in [0, 0.05) is 6.42 Å². The predicted molar refractivity (Wildman–Crippen MR) is 75.1 cm³/mol. The van der Waals surface area contributed by atoms with Gasteiger partial charge in [-0.15, -0.1) is 0 Å². The highest BCUT2D eigenvalue weighted by molar-refractivity contribution is 5.81. The van der Waals surface area contributed by atoms with Crippen molar-refractivity contribution in [3.63, 3.8) is 0 Å². The van der Waals surface area contributed by atoms with Crippen molar-refractivity contribution in [1.29, 1.82) is 0 Å². The lowest BCUT2D eigenvalue weighted by molar-refractivity contribution is -0.150. The van der Waals surface area contributed by atoms with Crippen molar-refractivity contribution >= 4 is 5.97 Å². The van der Waals surface area contributed by atoms with Crippen LogP contribution in [0.25, 0.3) is 0 Å². The molecule has 1 aromatic carbocycles. The van der Waals surface area contributed by atoms with Crippen molar-refractivity contribution < 1.29 is 19.0 Å². The Kier molecular flexibility index (Phi) is 4.18. The minimum absolute atomic E-state index is 0.333. The smallest absolute Gasteiger partial charge is 0.326 e. The number of carbonyl (C=O) groups excluding carboxylic acids is 1. The van der Waals surface area contributed by atoms with Crippen molar-refractivity contribution in [1.82, 2.24) is 0 Å². The molecule has 0 bridgehead atoms. The first-order valence-corrected chi connectivity index (χ1v) is 6.74. The SMILES string of the molecule is CCOC(=O)C1(N)CCc2cc(OC)c(OC)cc2C1. The zero-order chi connectivity index (χ0) is 14.8. The van der Waals surface area contributed by atoms with Crippen molar-refractivity contribution in [3.8, 4) is 11.5 Å². The van der Waals surface area contributed by atoms with Crippen LogP contribution in [-0.2, 0) is 22.4 Å². The van der Waals surface area contributed by atoms with Gasteiger partial charge in [0.15, 0.2) is 11.5 Å².